The Hall–Kier alpha value is -3.15. The molecule has 0 fully saturated rings. The first-order valence-corrected chi connectivity index (χ1v) is 11.3. The fourth-order valence-corrected chi connectivity index (χ4v) is 3.98. The number of rotatable bonds is 10. The number of likely N-dealkylation sites (N-methyl/N-ethyl adjacent to an activating group) is 1. The van der Waals surface area contributed by atoms with E-state index in [1.165, 1.54) is 0 Å². The Morgan fingerprint density at radius 1 is 0.839 bits per heavy atom. The fraction of sp³-hybridized carbons (Fsp3) is 0.192. The van der Waals surface area contributed by atoms with Gasteiger partial charge >= 0.3 is 0 Å². The maximum absolute atomic E-state index is 6.23. The molecule has 1 aromatic heterocycles. The molecule has 4 rings (SSSR count). The van der Waals surface area contributed by atoms with Crippen LogP contribution in [0.3, 0.4) is 0 Å². The molecule has 0 unspecified atom stereocenters. The number of hydrogen-bond donors (Lipinski definition) is 1. The molecule has 0 saturated heterocycles. The summed E-state index contributed by atoms with van der Waals surface area (Å²) in [5, 5.41) is 6.39. The van der Waals surface area contributed by atoms with E-state index in [1.54, 1.807) is 11.3 Å². The first-order valence-electron chi connectivity index (χ1n) is 10.4. The molecule has 31 heavy (non-hydrogen) atoms. The van der Waals surface area contributed by atoms with Crippen LogP contribution in [-0.4, -0.2) is 18.6 Å². The predicted octanol–water partition coefficient (Wildman–Crippen LogP) is 5.73. The summed E-state index contributed by atoms with van der Waals surface area (Å²) in [7, 11) is 1.96. The van der Waals surface area contributed by atoms with Gasteiger partial charge in [-0.3, -0.25) is 0 Å². The summed E-state index contributed by atoms with van der Waals surface area (Å²) in [5.41, 5.74) is 4.17. The second kappa shape index (κ2) is 10.8. The van der Waals surface area contributed by atoms with Crippen molar-refractivity contribution in [2.24, 2.45) is 0 Å². The van der Waals surface area contributed by atoms with E-state index in [1.807, 2.05) is 61.6 Å². The summed E-state index contributed by atoms with van der Waals surface area (Å²) in [6, 6.07) is 26.3. The lowest BCUT2D eigenvalue weighted by Crippen LogP contribution is -2.09. The van der Waals surface area contributed by atoms with Crippen LogP contribution in [0.2, 0.25) is 0 Å². The van der Waals surface area contributed by atoms with Gasteiger partial charge in [0.15, 0.2) is 0 Å². The molecule has 0 bridgehead atoms. The van der Waals surface area contributed by atoms with E-state index < -0.39 is 0 Å². The Morgan fingerprint density at radius 2 is 1.52 bits per heavy atom. The van der Waals surface area contributed by atoms with Crippen molar-refractivity contribution in [2.75, 3.05) is 13.6 Å². The highest BCUT2D eigenvalue weighted by Gasteiger charge is 2.13. The van der Waals surface area contributed by atoms with Gasteiger partial charge in [0.2, 0.25) is 0 Å². The molecule has 4 aromatic rings. The topological polar surface area (TPSA) is 43.4 Å². The zero-order valence-corrected chi connectivity index (χ0v) is 18.4. The smallest absolute Gasteiger partial charge is 0.132 e. The minimum atomic E-state index is 0.493. The monoisotopic (exact) mass is 430 g/mol. The standard InChI is InChI=1S/C26H26N2O2S/c1-27-15-14-26-28-24(19-31-26)23-13-12-22(29-17-20-8-4-2-5-9-20)16-25(23)30-18-21-10-6-3-7-11-21/h2-13,16,19,27H,14-15,17-18H2,1H3. The van der Waals surface area contributed by atoms with Crippen molar-refractivity contribution in [2.45, 2.75) is 19.6 Å². The lowest BCUT2D eigenvalue weighted by Gasteiger charge is -2.13. The second-order valence-electron chi connectivity index (χ2n) is 7.19. The van der Waals surface area contributed by atoms with E-state index in [0.717, 1.165) is 51.9 Å². The van der Waals surface area contributed by atoms with Gasteiger partial charge in [0.05, 0.1) is 10.7 Å². The third-order valence-electron chi connectivity index (χ3n) is 4.86. The van der Waals surface area contributed by atoms with Gasteiger partial charge in [-0.1, -0.05) is 60.7 Å². The average molecular weight is 431 g/mol. The normalized spacial score (nSPS) is 10.7. The van der Waals surface area contributed by atoms with Crippen LogP contribution < -0.4 is 14.8 Å². The maximum Gasteiger partial charge on any atom is 0.132 e. The molecule has 3 aromatic carbocycles. The van der Waals surface area contributed by atoms with Crippen LogP contribution in [0, 0.1) is 0 Å². The number of ether oxygens (including phenoxy) is 2. The molecule has 0 atom stereocenters. The summed E-state index contributed by atoms with van der Waals surface area (Å²) < 4.78 is 12.3. The van der Waals surface area contributed by atoms with Crippen molar-refractivity contribution in [3.63, 3.8) is 0 Å². The molecule has 0 aliphatic rings. The Kier molecular flexibility index (Phi) is 7.32. The van der Waals surface area contributed by atoms with Gasteiger partial charge in [-0.25, -0.2) is 4.98 Å². The molecular formula is C26H26N2O2S. The Balaban J connectivity index is 1.55. The molecule has 0 amide bonds. The zero-order chi connectivity index (χ0) is 21.3. The van der Waals surface area contributed by atoms with Gasteiger partial charge < -0.3 is 14.8 Å². The number of benzene rings is 3. The molecule has 4 nitrogen and oxygen atoms in total. The molecule has 0 aliphatic carbocycles. The lowest BCUT2D eigenvalue weighted by atomic mass is 10.1. The quantitative estimate of drug-likeness (QED) is 0.349. The SMILES string of the molecule is CNCCc1nc(-c2ccc(OCc3ccccc3)cc2OCc2ccccc2)cs1. The Labute approximate surface area is 187 Å². The highest BCUT2D eigenvalue weighted by molar-refractivity contribution is 7.09. The number of hydrogen-bond acceptors (Lipinski definition) is 5. The summed E-state index contributed by atoms with van der Waals surface area (Å²) in [6.45, 7) is 1.92. The van der Waals surface area contributed by atoms with Gasteiger partial charge in [0.25, 0.3) is 0 Å². The summed E-state index contributed by atoms with van der Waals surface area (Å²) in [5.74, 6) is 1.56. The molecule has 158 valence electrons. The largest absolute Gasteiger partial charge is 0.489 e. The maximum atomic E-state index is 6.23. The van der Waals surface area contributed by atoms with Crippen LogP contribution in [0.5, 0.6) is 11.5 Å². The first-order chi connectivity index (χ1) is 15.3. The number of aromatic nitrogens is 1. The van der Waals surface area contributed by atoms with E-state index in [9.17, 15) is 0 Å². The molecule has 0 saturated carbocycles. The predicted molar refractivity (Wildman–Crippen MR) is 127 cm³/mol. The molecule has 1 N–H and O–H groups in total. The molecule has 5 heteroatoms. The molecule has 0 aliphatic heterocycles. The number of nitrogens with zero attached hydrogens (tertiary/aromatic N) is 1. The van der Waals surface area contributed by atoms with E-state index in [2.05, 4.69) is 35.0 Å². The third-order valence-corrected chi connectivity index (χ3v) is 5.76. The van der Waals surface area contributed by atoms with E-state index in [-0.39, 0.29) is 0 Å². The van der Waals surface area contributed by atoms with E-state index in [4.69, 9.17) is 14.5 Å². The Bertz CT molecular complexity index is 1080. The molecule has 0 radical (unpaired) electrons. The van der Waals surface area contributed by atoms with Crippen LogP contribution in [0.1, 0.15) is 16.1 Å². The highest BCUT2D eigenvalue weighted by Crippen LogP contribution is 2.35. The van der Waals surface area contributed by atoms with Gasteiger partial charge in [0.1, 0.15) is 24.7 Å². The van der Waals surface area contributed by atoms with Crippen molar-refractivity contribution in [1.82, 2.24) is 10.3 Å². The fourth-order valence-electron chi connectivity index (χ4n) is 3.18. The lowest BCUT2D eigenvalue weighted by molar-refractivity contribution is 0.291. The second-order valence-corrected chi connectivity index (χ2v) is 8.13. The van der Waals surface area contributed by atoms with Crippen molar-refractivity contribution in [1.29, 1.82) is 0 Å². The third kappa shape index (κ3) is 5.94. The van der Waals surface area contributed by atoms with Crippen molar-refractivity contribution < 1.29 is 9.47 Å². The van der Waals surface area contributed by atoms with Crippen molar-refractivity contribution >= 4 is 11.3 Å². The van der Waals surface area contributed by atoms with Crippen LogP contribution >= 0.6 is 11.3 Å². The number of nitrogens with one attached hydrogen (secondary N) is 1. The molecule has 0 spiro atoms. The van der Waals surface area contributed by atoms with Crippen LogP contribution in [0.4, 0.5) is 0 Å². The van der Waals surface area contributed by atoms with Crippen LogP contribution in [0.15, 0.2) is 84.2 Å². The first kappa shape index (κ1) is 21.1. The summed E-state index contributed by atoms with van der Waals surface area (Å²) >= 11 is 1.68. The average Bonchev–Trinajstić information content (AvgIpc) is 3.30. The van der Waals surface area contributed by atoms with Crippen LogP contribution in [-0.2, 0) is 19.6 Å². The van der Waals surface area contributed by atoms with Gasteiger partial charge in [-0.2, -0.15) is 0 Å². The Morgan fingerprint density at radius 3 is 2.19 bits per heavy atom. The molecule has 1 heterocycles. The summed E-state index contributed by atoms with van der Waals surface area (Å²) in [6.07, 6.45) is 0.916. The molecular weight excluding hydrogens is 404 g/mol. The van der Waals surface area contributed by atoms with Gasteiger partial charge in [-0.15, -0.1) is 11.3 Å². The van der Waals surface area contributed by atoms with Crippen molar-refractivity contribution in [3.8, 4) is 22.8 Å². The minimum absolute atomic E-state index is 0.493. The van der Waals surface area contributed by atoms with Crippen molar-refractivity contribution in [3.05, 3.63) is 100 Å². The number of thiazole rings is 1. The van der Waals surface area contributed by atoms with Gasteiger partial charge in [0, 0.05) is 30.0 Å². The minimum Gasteiger partial charge on any atom is -0.489 e. The zero-order valence-electron chi connectivity index (χ0n) is 17.6. The summed E-state index contributed by atoms with van der Waals surface area (Å²) in [4.78, 5) is 4.81. The van der Waals surface area contributed by atoms with E-state index >= 15 is 0 Å². The van der Waals surface area contributed by atoms with Gasteiger partial charge in [-0.05, 0) is 30.3 Å². The van der Waals surface area contributed by atoms with E-state index in [0.29, 0.717) is 13.2 Å². The van der Waals surface area contributed by atoms with Crippen LogP contribution in [0.25, 0.3) is 11.3 Å². The highest BCUT2D eigenvalue weighted by atomic mass is 32.1.